The van der Waals surface area contributed by atoms with Crippen LogP contribution in [0.4, 0.5) is 0 Å². The van der Waals surface area contributed by atoms with Gasteiger partial charge < -0.3 is 9.73 Å². The summed E-state index contributed by atoms with van der Waals surface area (Å²) in [5.74, 6) is 2.15. The fourth-order valence-electron chi connectivity index (χ4n) is 2.37. The summed E-state index contributed by atoms with van der Waals surface area (Å²) >= 11 is 0. The topological polar surface area (TPSA) is 51.0 Å². The Morgan fingerprint density at radius 1 is 1.06 bits per heavy atom. The molecular weight excluding hydrogens is 202 g/mol. The second-order valence-corrected chi connectivity index (χ2v) is 5.02. The van der Waals surface area contributed by atoms with Gasteiger partial charge in [0.25, 0.3) is 0 Å². The average Bonchev–Trinajstić information content (AvgIpc) is 3.05. The average molecular weight is 221 g/mol. The van der Waals surface area contributed by atoms with E-state index in [1.54, 1.807) is 0 Å². The second-order valence-electron chi connectivity index (χ2n) is 5.02. The highest BCUT2D eigenvalue weighted by atomic mass is 16.4. The van der Waals surface area contributed by atoms with Crippen LogP contribution in [0.5, 0.6) is 0 Å². The Kier molecular flexibility index (Phi) is 2.91. The third-order valence-electron chi connectivity index (χ3n) is 3.56. The predicted molar refractivity (Wildman–Crippen MR) is 60.0 cm³/mol. The summed E-state index contributed by atoms with van der Waals surface area (Å²) in [5.41, 5.74) is 0. The van der Waals surface area contributed by atoms with Crippen molar-refractivity contribution in [1.29, 1.82) is 0 Å². The molecule has 0 aromatic carbocycles. The zero-order chi connectivity index (χ0) is 10.8. The van der Waals surface area contributed by atoms with Crippen LogP contribution in [-0.4, -0.2) is 16.2 Å². The minimum Gasteiger partial charge on any atom is -0.424 e. The molecule has 0 saturated heterocycles. The number of aromatic nitrogens is 2. The molecule has 0 spiro atoms. The van der Waals surface area contributed by atoms with E-state index in [1.165, 1.54) is 44.9 Å². The van der Waals surface area contributed by atoms with Crippen LogP contribution in [0.25, 0.3) is 0 Å². The summed E-state index contributed by atoms with van der Waals surface area (Å²) in [7, 11) is 0. The van der Waals surface area contributed by atoms with Gasteiger partial charge in [0, 0.05) is 12.0 Å². The van der Waals surface area contributed by atoms with Gasteiger partial charge >= 0.3 is 0 Å². The molecule has 0 atom stereocenters. The van der Waals surface area contributed by atoms with Crippen LogP contribution in [0.15, 0.2) is 4.42 Å². The quantitative estimate of drug-likeness (QED) is 0.848. The zero-order valence-corrected chi connectivity index (χ0v) is 9.61. The molecule has 1 N–H and O–H groups in total. The van der Waals surface area contributed by atoms with E-state index in [0.717, 1.165) is 18.3 Å². The smallest absolute Gasteiger partial charge is 0.230 e. The van der Waals surface area contributed by atoms with Gasteiger partial charge in [-0.15, -0.1) is 10.2 Å². The Labute approximate surface area is 95.8 Å². The Morgan fingerprint density at radius 2 is 1.88 bits per heavy atom. The lowest BCUT2D eigenvalue weighted by Gasteiger charge is -2.17. The van der Waals surface area contributed by atoms with E-state index in [9.17, 15) is 0 Å². The Morgan fingerprint density at radius 3 is 2.62 bits per heavy atom. The van der Waals surface area contributed by atoms with E-state index >= 15 is 0 Å². The lowest BCUT2D eigenvalue weighted by atomic mass is 9.89. The Hall–Kier alpha value is -0.900. The summed E-state index contributed by atoms with van der Waals surface area (Å²) in [4.78, 5) is 0. The summed E-state index contributed by atoms with van der Waals surface area (Å²) in [6.07, 6.45) is 9.01. The first-order valence-corrected chi connectivity index (χ1v) is 6.47. The molecular formula is C12H19N3O. The van der Waals surface area contributed by atoms with Gasteiger partial charge in [-0.1, -0.05) is 19.3 Å². The normalized spacial score (nSPS) is 22.5. The molecule has 2 saturated carbocycles. The predicted octanol–water partition coefficient (Wildman–Crippen LogP) is 2.37. The van der Waals surface area contributed by atoms with E-state index in [-0.39, 0.29) is 0 Å². The molecule has 4 nitrogen and oxygen atoms in total. The molecule has 0 unspecified atom stereocenters. The van der Waals surface area contributed by atoms with Crippen LogP contribution in [0, 0.1) is 0 Å². The van der Waals surface area contributed by atoms with Crippen molar-refractivity contribution in [2.24, 2.45) is 0 Å². The molecule has 1 heterocycles. The van der Waals surface area contributed by atoms with Crippen LogP contribution < -0.4 is 5.32 Å². The highest BCUT2D eigenvalue weighted by Gasteiger charge is 2.23. The number of hydrogen-bond donors (Lipinski definition) is 1. The third-order valence-corrected chi connectivity index (χ3v) is 3.56. The van der Waals surface area contributed by atoms with E-state index < -0.39 is 0 Å². The highest BCUT2D eigenvalue weighted by molar-refractivity contribution is 4.93. The minimum atomic E-state index is 0.524. The summed E-state index contributed by atoms with van der Waals surface area (Å²) in [6.45, 7) is 0.740. The lowest BCUT2D eigenvalue weighted by molar-refractivity contribution is 0.347. The van der Waals surface area contributed by atoms with Crippen molar-refractivity contribution in [1.82, 2.24) is 15.5 Å². The van der Waals surface area contributed by atoms with E-state index in [2.05, 4.69) is 15.5 Å². The van der Waals surface area contributed by atoms with Gasteiger partial charge in [-0.25, -0.2) is 0 Å². The van der Waals surface area contributed by atoms with Crippen molar-refractivity contribution in [3.63, 3.8) is 0 Å². The molecule has 0 aliphatic heterocycles. The van der Waals surface area contributed by atoms with Crippen molar-refractivity contribution in [3.05, 3.63) is 11.8 Å². The van der Waals surface area contributed by atoms with Crippen LogP contribution in [-0.2, 0) is 6.54 Å². The molecule has 0 radical (unpaired) electrons. The zero-order valence-electron chi connectivity index (χ0n) is 9.61. The number of hydrogen-bond acceptors (Lipinski definition) is 4. The first kappa shape index (κ1) is 10.3. The SMILES string of the molecule is C1CCC(c2nnc(CNC3CC3)o2)CC1. The van der Waals surface area contributed by atoms with E-state index in [0.29, 0.717) is 12.0 Å². The molecule has 2 fully saturated rings. The number of rotatable bonds is 4. The molecule has 0 amide bonds. The molecule has 4 heteroatoms. The maximum atomic E-state index is 5.72. The molecule has 2 aliphatic carbocycles. The van der Waals surface area contributed by atoms with E-state index in [4.69, 9.17) is 4.42 Å². The maximum Gasteiger partial charge on any atom is 0.230 e. The second kappa shape index (κ2) is 4.53. The molecule has 88 valence electrons. The molecule has 1 aromatic rings. The Balaban J connectivity index is 1.57. The maximum absolute atomic E-state index is 5.72. The standard InChI is InChI=1S/C12H19N3O/c1-2-4-9(5-3-1)12-15-14-11(16-12)8-13-10-6-7-10/h9-10,13H,1-8H2. The van der Waals surface area contributed by atoms with Gasteiger partial charge in [-0.3, -0.25) is 0 Å². The van der Waals surface area contributed by atoms with Gasteiger partial charge in [0.05, 0.1) is 6.54 Å². The molecule has 0 bridgehead atoms. The van der Waals surface area contributed by atoms with Crippen molar-refractivity contribution < 1.29 is 4.42 Å². The van der Waals surface area contributed by atoms with Gasteiger partial charge in [0.1, 0.15) is 0 Å². The van der Waals surface area contributed by atoms with E-state index in [1.807, 2.05) is 0 Å². The fourth-order valence-corrected chi connectivity index (χ4v) is 2.37. The number of nitrogens with one attached hydrogen (secondary N) is 1. The monoisotopic (exact) mass is 221 g/mol. The van der Waals surface area contributed by atoms with Gasteiger partial charge in [0.2, 0.25) is 11.8 Å². The first-order chi connectivity index (χ1) is 7.92. The number of nitrogens with zero attached hydrogens (tertiary/aromatic N) is 2. The van der Waals surface area contributed by atoms with Gasteiger partial charge in [-0.2, -0.15) is 0 Å². The van der Waals surface area contributed by atoms with Crippen LogP contribution >= 0.6 is 0 Å². The molecule has 2 aliphatic rings. The largest absolute Gasteiger partial charge is 0.424 e. The Bertz CT molecular complexity index is 340. The lowest BCUT2D eigenvalue weighted by Crippen LogP contribution is -2.15. The van der Waals surface area contributed by atoms with Crippen LogP contribution in [0.1, 0.15) is 62.6 Å². The van der Waals surface area contributed by atoms with Crippen molar-refractivity contribution in [3.8, 4) is 0 Å². The summed E-state index contributed by atoms with van der Waals surface area (Å²) in [6, 6.07) is 0.699. The first-order valence-electron chi connectivity index (χ1n) is 6.47. The summed E-state index contributed by atoms with van der Waals surface area (Å²) in [5, 5.41) is 11.7. The highest BCUT2D eigenvalue weighted by Crippen LogP contribution is 2.31. The van der Waals surface area contributed by atoms with Crippen LogP contribution in [0.2, 0.25) is 0 Å². The van der Waals surface area contributed by atoms with Crippen LogP contribution in [0.3, 0.4) is 0 Å². The summed E-state index contributed by atoms with van der Waals surface area (Å²) < 4.78 is 5.72. The molecule has 3 rings (SSSR count). The minimum absolute atomic E-state index is 0.524. The van der Waals surface area contributed by atoms with Crippen molar-refractivity contribution in [2.45, 2.75) is 63.5 Å². The molecule has 16 heavy (non-hydrogen) atoms. The fraction of sp³-hybridized carbons (Fsp3) is 0.833. The molecule has 1 aromatic heterocycles. The van der Waals surface area contributed by atoms with Crippen molar-refractivity contribution in [2.75, 3.05) is 0 Å². The van der Waals surface area contributed by atoms with Gasteiger partial charge in [-0.05, 0) is 25.7 Å². The van der Waals surface area contributed by atoms with Gasteiger partial charge in [0.15, 0.2) is 0 Å². The third kappa shape index (κ3) is 2.43. The van der Waals surface area contributed by atoms with Crippen molar-refractivity contribution >= 4 is 0 Å².